The van der Waals surface area contributed by atoms with Crippen LogP contribution in [0.2, 0.25) is 0 Å². The van der Waals surface area contributed by atoms with E-state index in [4.69, 9.17) is 0 Å². The van der Waals surface area contributed by atoms with Crippen molar-refractivity contribution < 1.29 is 13.3 Å². The fourth-order valence-electron chi connectivity index (χ4n) is 2.37. The van der Waals surface area contributed by atoms with Crippen molar-refractivity contribution in [2.24, 2.45) is 7.05 Å². The third-order valence-corrected chi connectivity index (χ3v) is 6.78. The first-order chi connectivity index (χ1) is 11.4. The van der Waals surface area contributed by atoms with Gasteiger partial charge in [-0.1, -0.05) is 0 Å². The second kappa shape index (κ2) is 6.45. The van der Waals surface area contributed by atoms with Gasteiger partial charge in [0.2, 0.25) is 15.2 Å². The lowest BCUT2D eigenvalue weighted by atomic mass is 10.3. The normalized spacial score (nSPS) is 15.7. The zero-order chi connectivity index (χ0) is 17.3. The molecule has 2 heterocycles. The molecule has 0 bridgehead atoms. The van der Waals surface area contributed by atoms with Crippen molar-refractivity contribution in [3.05, 3.63) is 28.3 Å². The van der Waals surface area contributed by atoms with Crippen molar-refractivity contribution in [3.63, 3.8) is 0 Å². The second-order valence-corrected chi connectivity index (χ2v) is 8.10. The molecule has 0 atom stereocenters. The summed E-state index contributed by atoms with van der Waals surface area (Å²) in [5.41, 5.74) is -0.270. The van der Waals surface area contributed by atoms with Crippen LogP contribution in [0.15, 0.2) is 33.1 Å². The number of hydrogen-bond acceptors (Lipinski definition) is 8. The number of sulfonamides is 1. The highest BCUT2D eigenvalue weighted by atomic mass is 32.2. The van der Waals surface area contributed by atoms with E-state index in [2.05, 4.69) is 15.5 Å². The quantitative estimate of drug-likeness (QED) is 0.565. The molecule has 10 nitrogen and oxygen atoms in total. The molecule has 2 aromatic rings. The minimum Gasteiger partial charge on any atom is -0.258 e. The molecule has 0 aliphatic carbocycles. The molecular formula is C12H14N6O4S2. The summed E-state index contributed by atoms with van der Waals surface area (Å²) in [7, 11) is -2.18. The van der Waals surface area contributed by atoms with E-state index in [1.54, 1.807) is 7.05 Å². The van der Waals surface area contributed by atoms with E-state index in [9.17, 15) is 18.5 Å². The molecule has 3 rings (SSSR count). The van der Waals surface area contributed by atoms with Gasteiger partial charge in [-0.2, -0.15) is 4.31 Å². The molecule has 1 aromatic heterocycles. The fraction of sp³-hybridized carbons (Fsp3) is 0.417. The Labute approximate surface area is 142 Å². The number of nitrogens with zero attached hydrogens (tertiary/aromatic N) is 6. The van der Waals surface area contributed by atoms with Crippen molar-refractivity contribution in [1.29, 1.82) is 0 Å². The van der Waals surface area contributed by atoms with E-state index >= 15 is 0 Å². The lowest BCUT2D eigenvalue weighted by Gasteiger charge is -2.17. The van der Waals surface area contributed by atoms with Crippen molar-refractivity contribution in [1.82, 2.24) is 24.5 Å². The number of aromatic nitrogens is 4. The summed E-state index contributed by atoms with van der Waals surface area (Å²) in [6, 6.07) is 3.79. The third-order valence-electron chi connectivity index (χ3n) is 3.60. The van der Waals surface area contributed by atoms with Crippen molar-refractivity contribution in [3.8, 4) is 0 Å². The van der Waals surface area contributed by atoms with E-state index in [1.165, 1.54) is 21.1 Å². The zero-order valence-electron chi connectivity index (χ0n) is 12.7. The first kappa shape index (κ1) is 16.8. The molecule has 1 saturated heterocycles. The Balaban J connectivity index is 2.08. The van der Waals surface area contributed by atoms with Crippen molar-refractivity contribution in [2.45, 2.75) is 27.8 Å². The lowest BCUT2D eigenvalue weighted by molar-refractivity contribution is -0.385. The summed E-state index contributed by atoms with van der Waals surface area (Å²) in [4.78, 5) is 10.7. The topological polar surface area (TPSA) is 124 Å². The van der Waals surface area contributed by atoms with Gasteiger partial charge in [0.1, 0.15) is 4.90 Å². The Hall–Kier alpha value is -2.05. The molecule has 0 amide bonds. The largest absolute Gasteiger partial charge is 0.270 e. The maximum Gasteiger partial charge on any atom is 0.270 e. The predicted octanol–water partition coefficient (Wildman–Crippen LogP) is 1.05. The maximum atomic E-state index is 12.9. The minimum absolute atomic E-state index is 0.0911. The van der Waals surface area contributed by atoms with Gasteiger partial charge in [-0.25, -0.2) is 13.1 Å². The zero-order valence-corrected chi connectivity index (χ0v) is 14.3. The Kier molecular flexibility index (Phi) is 4.51. The molecule has 0 saturated carbocycles. The van der Waals surface area contributed by atoms with Gasteiger partial charge in [0, 0.05) is 37.2 Å². The van der Waals surface area contributed by atoms with E-state index in [1.807, 2.05) is 0 Å². The van der Waals surface area contributed by atoms with Gasteiger partial charge in [-0.3, -0.25) is 10.1 Å². The monoisotopic (exact) mass is 370 g/mol. The van der Waals surface area contributed by atoms with E-state index in [-0.39, 0.29) is 10.6 Å². The Morgan fingerprint density at radius 2 is 2.00 bits per heavy atom. The smallest absolute Gasteiger partial charge is 0.258 e. The van der Waals surface area contributed by atoms with Crippen LogP contribution in [0.5, 0.6) is 0 Å². The second-order valence-electron chi connectivity index (χ2n) is 5.19. The standard InChI is InChI=1S/C12H14N6O4S2/c1-16-12(13-14-15-16)23-10-5-4-9(18(19)20)8-11(10)24(21,22)17-6-2-3-7-17/h4-5,8H,2-3,6-7H2,1H3. The first-order valence-corrected chi connectivity index (χ1v) is 9.34. The van der Waals surface area contributed by atoms with Gasteiger partial charge < -0.3 is 0 Å². The average molecular weight is 370 g/mol. The molecule has 12 heteroatoms. The number of tetrazole rings is 1. The number of nitro benzene ring substituents is 1. The molecule has 1 aromatic carbocycles. The summed E-state index contributed by atoms with van der Waals surface area (Å²) < 4.78 is 28.5. The number of nitro groups is 1. The molecule has 0 N–H and O–H groups in total. The van der Waals surface area contributed by atoms with Gasteiger partial charge in [0.25, 0.3) is 5.69 Å². The molecule has 1 aliphatic rings. The van der Waals surface area contributed by atoms with Gasteiger partial charge in [-0.05, 0) is 41.1 Å². The molecule has 24 heavy (non-hydrogen) atoms. The van der Waals surface area contributed by atoms with Crippen LogP contribution < -0.4 is 0 Å². The summed E-state index contributed by atoms with van der Waals surface area (Å²) in [6.07, 6.45) is 1.56. The van der Waals surface area contributed by atoms with E-state index in [0.29, 0.717) is 23.1 Å². The highest BCUT2D eigenvalue weighted by Gasteiger charge is 2.31. The van der Waals surface area contributed by atoms with Gasteiger partial charge >= 0.3 is 0 Å². The Morgan fingerprint density at radius 1 is 1.29 bits per heavy atom. The summed E-state index contributed by atoms with van der Waals surface area (Å²) in [5.74, 6) is 0. The maximum absolute atomic E-state index is 12.9. The van der Waals surface area contributed by atoms with Crippen LogP contribution in [0, 0.1) is 10.1 Å². The molecule has 1 fully saturated rings. The van der Waals surface area contributed by atoms with Crippen LogP contribution in [0.3, 0.4) is 0 Å². The number of hydrogen-bond donors (Lipinski definition) is 0. The number of non-ortho nitro benzene ring substituents is 1. The number of rotatable bonds is 5. The molecule has 0 radical (unpaired) electrons. The SMILES string of the molecule is Cn1nnnc1Sc1ccc([N+](=O)[O-])cc1S(=O)(=O)N1CCCC1. The van der Waals surface area contributed by atoms with Crippen LogP contribution in [-0.2, 0) is 17.1 Å². The lowest BCUT2D eigenvalue weighted by Crippen LogP contribution is -2.28. The van der Waals surface area contributed by atoms with Gasteiger partial charge in [0.15, 0.2) is 0 Å². The predicted molar refractivity (Wildman–Crippen MR) is 84.0 cm³/mol. The Morgan fingerprint density at radius 3 is 2.58 bits per heavy atom. The first-order valence-electron chi connectivity index (χ1n) is 7.08. The number of benzene rings is 1. The molecule has 128 valence electrons. The molecule has 0 unspecified atom stereocenters. The van der Waals surface area contributed by atoms with Crippen LogP contribution in [0.25, 0.3) is 0 Å². The van der Waals surface area contributed by atoms with Crippen LogP contribution in [0.1, 0.15) is 12.8 Å². The molecule has 1 aliphatic heterocycles. The third kappa shape index (κ3) is 3.12. The fourth-order valence-corrected chi connectivity index (χ4v) is 5.16. The van der Waals surface area contributed by atoms with E-state index < -0.39 is 14.9 Å². The average Bonchev–Trinajstić information content (AvgIpc) is 3.20. The molecule has 0 spiro atoms. The summed E-state index contributed by atoms with van der Waals surface area (Å²) in [5, 5.41) is 22.4. The van der Waals surface area contributed by atoms with Crippen LogP contribution in [-0.4, -0.2) is 50.9 Å². The summed E-state index contributed by atoms with van der Waals surface area (Å²) >= 11 is 1.05. The highest BCUT2D eigenvalue weighted by molar-refractivity contribution is 8.00. The summed E-state index contributed by atoms with van der Waals surface area (Å²) in [6.45, 7) is 0.835. The Bertz CT molecular complexity index is 875. The van der Waals surface area contributed by atoms with Crippen LogP contribution >= 0.6 is 11.8 Å². The van der Waals surface area contributed by atoms with Crippen molar-refractivity contribution in [2.75, 3.05) is 13.1 Å². The number of aryl methyl sites for hydroxylation is 1. The van der Waals surface area contributed by atoms with Gasteiger partial charge in [0.05, 0.1) is 4.92 Å². The van der Waals surface area contributed by atoms with Crippen molar-refractivity contribution >= 4 is 27.5 Å². The minimum atomic E-state index is -3.81. The highest BCUT2D eigenvalue weighted by Crippen LogP contribution is 2.35. The molecular weight excluding hydrogens is 356 g/mol. The van der Waals surface area contributed by atoms with E-state index in [0.717, 1.165) is 30.7 Å². The van der Waals surface area contributed by atoms with Gasteiger partial charge in [-0.15, -0.1) is 5.10 Å². The van der Waals surface area contributed by atoms with Crippen LogP contribution in [0.4, 0.5) is 5.69 Å².